The lowest BCUT2D eigenvalue weighted by Gasteiger charge is -2.23. The number of rotatable bonds is 5. The fraction of sp³-hybridized carbons (Fsp3) is 0.125. The highest BCUT2D eigenvalue weighted by molar-refractivity contribution is 5.96. The Balaban J connectivity index is 2.55. The molecule has 21 heavy (non-hydrogen) atoms. The maximum Gasteiger partial charge on any atom is 0.337 e. The molecule has 0 saturated carbocycles. The monoisotopic (exact) mass is 282 g/mol. The Hall–Kier alpha value is -3.00. The van der Waals surface area contributed by atoms with Gasteiger partial charge in [0.05, 0.1) is 24.4 Å². The number of nitrogens with zero attached hydrogens (tertiary/aromatic N) is 2. The van der Waals surface area contributed by atoms with Crippen molar-refractivity contribution in [2.24, 2.45) is 0 Å². The summed E-state index contributed by atoms with van der Waals surface area (Å²) < 4.78 is 5.06. The number of ether oxygens (including phenoxy) is 1. The summed E-state index contributed by atoms with van der Waals surface area (Å²) in [4.78, 5) is 13.1. The second-order valence-electron chi connectivity index (χ2n) is 4.27. The van der Waals surface area contributed by atoms with Crippen LogP contribution < -0.4 is 9.64 Å². The maximum absolute atomic E-state index is 11.5. The van der Waals surface area contributed by atoms with E-state index in [9.17, 15) is 9.90 Å². The lowest BCUT2D eigenvalue weighted by molar-refractivity contribution is 0.0697. The molecule has 0 fully saturated rings. The van der Waals surface area contributed by atoms with E-state index in [1.54, 1.807) is 17.0 Å². The Bertz CT molecular complexity index is 678. The smallest absolute Gasteiger partial charge is 0.337 e. The molecule has 0 bridgehead atoms. The van der Waals surface area contributed by atoms with Crippen LogP contribution in [0.2, 0.25) is 0 Å². The molecule has 0 aliphatic carbocycles. The number of methoxy groups -OCH3 is 1. The van der Waals surface area contributed by atoms with Crippen molar-refractivity contribution in [2.75, 3.05) is 18.6 Å². The lowest BCUT2D eigenvalue weighted by Crippen LogP contribution is -2.20. The molecular weight excluding hydrogens is 268 g/mol. The molecule has 2 rings (SSSR count). The number of carboxylic acid groups (broad SMARTS) is 1. The standard InChI is InChI=1S/C16H14N2O3/c1-21-13-7-8-15(14(11-13)16(19)20)18(10-9-17)12-5-3-2-4-6-12/h2-8,11H,10H2,1H3,(H,19,20). The Morgan fingerprint density at radius 3 is 2.57 bits per heavy atom. The van der Waals surface area contributed by atoms with Crippen molar-refractivity contribution in [3.8, 4) is 11.8 Å². The van der Waals surface area contributed by atoms with Crippen LogP contribution in [-0.4, -0.2) is 24.7 Å². The molecule has 5 heteroatoms. The van der Waals surface area contributed by atoms with E-state index in [0.29, 0.717) is 11.4 Å². The highest BCUT2D eigenvalue weighted by atomic mass is 16.5. The minimum atomic E-state index is -1.07. The number of hydrogen-bond acceptors (Lipinski definition) is 4. The van der Waals surface area contributed by atoms with Crippen LogP contribution in [0.1, 0.15) is 10.4 Å². The number of hydrogen-bond donors (Lipinski definition) is 1. The first-order chi connectivity index (χ1) is 10.2. The molecule has 0 aliphatic rings. The van der Waals surface area contributed by atoms with E-state index in [-0.39, 0.29) is 12.1 Å². The molecule has 0 atom stereocenters. The topological polar surface area (TPSA) is 73.6 Å². The Kier molecular flexibility index (Phi) is 4.42. The zero-order chi connectivity index (χ0) is 15.2. The van der Waals surface area contributed by atoms with Crippen molar-refractivity contribution in [1.82, 2.24) is 0 Å². The molecule has 5 nitrogen and oxygen atoms in total. The van der Waals surface area contributed by atoms with E-state index in [0.717, 1.165) is 5.69 Å². The molecule has 0 aliphatic heterocycles. The quantitative estimate of drug-likeness (QED) is 0.853. The van der Waals surface area contributed by atoms with Crippen LogP contribution in [0, 0.1) is 11.3 Å². The van der Waals surface area contributed by atoms with Crippen molar-refractivity contribution in [2.45, 2.75) is 0 Å². The molecule has 0 saturated heterocycles. The van der Waals surface area contributed by atoms with Crippen molar-refractivity contribution < 1.29 is 14.6 Å². The first kappa shape index (κ1) is 14.4. The molecule has 2 aromatic carbocycles. The molecule has 0 spiro atoms. The predicted octanol–water partition coefficient (Wildman–Crippen LogP) is 3.06. The normalized spacial score (nSPS) is 9.71. The summed E-state index contributed by atoms with van der Waals surface area (Å²) in [5.74, 6) is -0.608. The van der Waals surface area contributed by atoms with Gasteiger partial charge in [0.25, 0.3) is 0 Å². The zero-order valence-electron chi connectivity index (χ0n) is 11.5. The fourth-order valence-corrected chi connectivity index (χ4v) is 2.04. The van der Waals surface area contributed by atoms with Crippen molar-refractivity contribution in [1.29, 1.82) is 5.26 Å². The van der Waals surface area contributed by atoms with Crippen molar-refractivity contribution >= 4 is 17.3 Å². The largest absolute Gasteiger partial charge is 0.497 e. The number of nitriles is 1. The second kappa shape index (κ2) is 6.44. The molecule has 106 valence electrons. The first-order valence-electron chi connectivity index (χ1n) is 6.28. The van der Waals surface area contributed by atoms with Gasteiger partial charge in [0.1, 0.15) is 12.3 Å². The summed E-state index contributed by atoms with van der Waals surface area (Å²) in [6.07, 6.45) is 0. The third-order valence-corrected chi connectivity index (χ3v) is 3.02. The molecule has 0 radical (unpaired) electrons. The third-order valence-electron chi connectivity index (χ3n) is 3.02. The van der Waals surface area contributed by atoms with Gasteiger partial charge in [-0.3, -0.25) is 0 Å². The molecular formula is C16H14N2O3. The Labute approximate surface area is 122 Å². The summed E-state index contributed by atoms with van der Waals surface area (Å²) in [6, 6.07) is 16.0. The highest BCUT2D eigenvalue weighted by Gasteiger charge is 2.18. The number of anilines is 2. The van der Waals surface area contributed by atoms with Gasteiger partial charge in [-0.05, 0) is 30.3 Å². The summed E-state index contributed by atoms with van der Waals surface area (Å²) in [5, 5.41) is 18.4. The Morgan fingerprint density at radius 2 is 2.00 bits per heavy atom. The average molecular weight is 282 g/mol. The number of para-hydroxylation sites is 1. The van der Waals surface area contributed by atoms with E-state index in [2.05, 4.69) is 6.07 Å². The van der Waals surface area contributed by atoms with Crippen LogP contribution in [0.4, 0.5) is 11.4 Å². The zero-order valence-corrected chi connectivity index (χ0v) is 11.5. The van der Waals surface area contributed by atoms with E-state index >= 15 is 0 Å². The van der Waals surface area contributed by atoms with Gasteiger partial charge in [0, 0.05) is 5.69 Å². The van der Waals surface area contributed by atoms with Gasteiger partial charge < -0.3 is 14.7 Å². The van der Waals surface area contributed by atoms with E-state index in [1.165, 1.54) is 13.2 Å². The molecule has 0 unspecified atom stereocenters. The molecule has 1 N–H and O–H groups in total. The lowest BCUT2D eigenvalue weighted by atomic mass is 10.1. The number of carbonyl (C=O) groups is 1. The van der Waals surface area contributed by atoms with Crippen LogP contribution in [-0.2, 0) is 0 Å². The maximum atomic E-state index is 11.5. The molecule has 0 heterocycles. The second-order valence-corrected chi connectivity index (χ2v) is 4.27. The summed E-state index contributed by atoms with van der Waals surface area (Å²) >= 11 is 0. The van der Waals surface area contributed by atoms with E-state index in [4.69, 9.17) is 10.00 Å². The molecule has 2 aromatic rings. The van der Waals surface area contributed by atoms with Crippen LogP contribution >= 0.6 is 0 Å². The van der Waals surface area contributed by atoms with Gasteiger partial charge >= 0.3 is 5.97 Å². The number of aromatic carboxylic acids is 1. The van der Waals surface area contributed by atoms with E-state index < -0.39 is 5.97 Å². The summed E-state index contributed by atoms with van der Waals surface area (Å²) in [7, 11) is 1.48. The van der Waals surface area contributed by atoms with Crippen LogP contribution in [0.25, 0.3) is 0 Å². The van der Waals surface area contributed by atoms with Crippen LogP contribution in [0.5, 0.6) is 5.75 Å². The van der Waals surface area contributed by atoms with Gasteiger partial charge in [0.2, 0.25) is 0 Å². The van der Waals surface area contributed by atoms with Crippen molar-refractivity contribution in [3.63, 3.8) is 0 Å². The fourth-order valence-electron chi connectivity index (χ4n) is 2.04. The van der Waals surface area contributed by atoms with Gasteiger partial charge in [-0.15, -0.1) is 0 Å². The SMILES string of the molecule is COc1ccc(N(CC#N)c2ccccc2)c(C(=O)O)c1. The summed E-state index contributed by atoms with van der Waals surface area (Å²) in [6.45, 7) is 0.0522. The Morgan fingerprint density at radius 1 is 1.29 bits per heavy atom. The molecule has 0 amide bonds. The van der Waals surface area contributed by atoms with Gasteiger partial charge in [-0.25, -0.2) is 4.79 Å². The van der Waals surface area contributed by atoms with Gasteiger partial charge in [-0.1, -0.05) is 18.2 Å². The van der Waals surface area contributed by atoms with E-state index in [1.807, 2.05) is 30.3 Å². The predicted molar refractivity (Wildman–Crippen MR) is 79.0 cm³/mol. The molecule has 0 aromatic heterocycles. The first-order valence-corrected chi connectivity index (χ1v) is 6.28. The number of carboxylic acids is 1. The van der Waals surface area contributed by atoms with Gasteiger partial charge in [-0.2, -0.15) is 5.26 Å². The average Bonchev–Trinajstić information content (AvgIpc) is 2.53. The minimum Gasteiger partial charge on any atom is -0.497 e. The minimum absolute atomic E-state index is 0.0522. The van der Waals surface area contributed by atoms with Crippen LogP contribution in [0.3, 0.4) is 0 Å². The van der Waals surface area contributed by atoms with Crippen molar-refractivity contribution in [3.05, 3.63) is 54.1 Å². The summed E-state index contributed by atoms with van der Waals surface area (Å²) in [5.41, 5.74) is 1.30. The highest BCUT2D eigenvalue weighted by Crippen LogP contribution is 2.31. The number of benzene rings is 2. The third kappa shape index (κ3) is 3.12. The van der Waals surface area contributed by atoms with Crippen LogP contribution in [0.15, 0.2) is 48.5 Å². The van der Waals surface area contributed by atoms with Gasteiger partial charge in [0.15, 0.2) is 0 Å².